The van der Waals surface area contributed by atoms with Crippen LogP contribution in [0.3, 0.4) is 0 Å². The second-order valence-electron chi connectivity index (χ2n) is 16.4. The van der Waals surface area contributed by atoms with Crippen LogP contribution in [0.2, 0.25) is 0 Å². The van der Waals surface area contributed by atoms with Gasteiger partial charge in [0.15, 0.2) is 0 Å². The Bertz CT molecular complexity index is 3860. The first-order valence-corrected chi connectivity index (χ1v) is 21.6. The third-order valence-electron chi connectivity index (χ3n) is 12.6. The van der Waals surface area contributed by atoms with Crippen LogP contribution in [0.25, 0.3) is 111 Å². The fourth-order valence-electron chi connectivity index (χ4n) is 9.49. The van der Waals surface area contributed by atoms with Gasteiger partial charge in [-0.2, -0.15) is 5.26 Å². The average Bonchev–Trinajstić information content (AvgIpc) is 3.88. The smallest absolute Gasteiger partial charge is 0.126 e. The highest BCUT2D eigenvalue weighted by Gasteiger charge is 2.23. The summed E-state index contributed by atoms with van der Waals surface area (Å²) in [7, 11) is 0. The fraction of sp³-hybridized carbons (Fsp3) is 0. The molecule has 0 radical (unpaired) electrons. The number of pyridine rings is 2. The molecule has 8 aromatic carbocycles. The van der Waals surface area contributed by atoms with Crippen molar-refractivity contribution in [1.29, 1.82) is 5.26 Å². The Hall–Kier alpha value is -8.99. The van der Waals surface area contributed by atoms with Crippen molar-refractivity contribution in [3.8, 4) is 73.3 Å². The molecule has 4 aromatic heterocycles. The molecule has 66 heavy (non-hydrogen) atoms. The zero-order valence-corrected chi connectivity index (χ0v) is 35.2. The molecule has 0 spiro atoms. The van der Waals surface area contributed by atoms with Crippen LogP contribution >= 0.6 is 0 Å². The molecule has 0 N–H and O–H groups in total. The van der Waals surface area contributed by atoms with E-state index in [1.54, 1.807) is 0 Å². The standard InChI is InChI=1S/C59H35F2N5/c60-45-27-43(28-46(61)32-45)49-33-58(65-54-17-9-7-16-48(54)51-30-40(22-26-56(51)65)53-24-19-41(35-64-53)37-11-3-1-4-12-37)44(34-62)31-59(49)66-55-18-10-8-15-47(55)50-29-39(21-25-57(50)66)42-20-23-52(63-36-42)38-13-5-2-6-14-38/h1-33,35-36H. The lowest BCUT2D eigenvalue weighted by Crippen LogP contribution is -2.04. The van der Waals surface area contributed by atoms with Crippen LogP contribution in [0.1, 0.15) is 5.56 Å². The third kappa shape index (κ3) is 6.51. The number of hydrogen-bond donors (Lipinski definition) is 0. The van der Waals surface area contributed by atoms with E-state index in [9.17, 15) is 5.26 Å². The zero-order valence-electron chi connectivity index (χ0n) is 35.2. The molecule has 0 aliphatic heterocycles. The molecule has 12 rings (SSSR count). The lowest BCUT2D eigenvalue weighted by Gasteiger charge is -2.19. The normalized spacial score (nSPS) is 11.5. The van der Waals surface area contributed by atoms with E-state index < -0.39 is 11.6 Å². The number of para-hydroxylation sites is 2. The Labute approximate surface area is 378 Å². The largest absolute Gasteiger partial charge is 0.309 e. The van der Waals surface area contributed by atoms with Crippen molar-refractivity contribution >= 4 is 43.6 Å². The van der Waals surface area contributed by atoms with Gasteiger partial charge < -0.3 is 9.13 Å². The Morgan fingerprint density at radius 2 is 0.848 bits per heavy atom. The lowest BCUT2D eigenvalue weighted by molar-refractivity contribution is 0.584. The number of halogens is 2. The Morgan fingerprint density at radius 1 is 0.364 bits per heavy atom. The highest BCUT2D eigenvalue weighted by Crippen LogP contribution is 2.42. The first-order valence-electron chi connectivity index (χ1n) is 21.6. The molecular formula is C59H35F2N5. The van der Waals surface area contributed by atoms with Crippen LogP contribution in [0.5, 0.6) is 0 Å². The van der Waals surface area contributed by atoms with Crippen molar-refractivity contribution in [3.63, 3.8) is 0 Å². The van der Waals surface area contributed by atoms with Gasteiger partial charge in [-0.1, -0.05) is 121 Å². The van der Waals surface area contributed by atoms with Crippen LogP contribution in [-0.2, 0) is 0 Å². The average molecular weight is 852 g/mol. The van der Waals surface area contributed by atoms with Gasteiger partial charge in [0.05, 0.1) is 50.4 Å². The molecule has 0 bridgehead atoms. The van der Waals surface area contributed by atoms with E-state index >= 15 is 8.78 Å². The number of nitrogens with zero attached hydrogens (tertiary/aromatic N) is 5. The molecule has 0 unspecified atom stereocenters. The lowest BCUT2D eigenvalue weighted by atomic mass is 9.98. The van der Waals surface area contributed by atoms with Crippen LogP contribution < -0.4 is 0 Å². The summed E-state index contributed by atoms with van der Waals surface area (Å²) >= 11 is 0. The van der Waals surface area contributed by atoms with Crippen molar-refractivity contribution < 1.29 is 8.78 Å². The number of rotatable bonds is 7. The quantitative estimate of drug-likeness (QED) is 0.160. The van der Waals surface area contributed by atoms with Gasteiger partial charge in [-0.05, 0) is 89.5 Å². The first kappa shape index (κ1) is 38.7. The molecule has 0 aliphatic rings. The van der Waals surface area contributed by atoms with Gasteiger partial charge in [-0.3, -0.25) is 9.97 Å². The molecule has 0 amide bonds. The van der Waals surface area contributed by atoms with E-state index in [1.165, 1.54) is 12.1 Å². The molecule has 12 aromatic rings. The molecule has 0 fully saturated rings. The molecule has 310 valence electrons. The molecule has 7 heteroatoms. The number of hydrogen-bond acceptors (Lipinski definition) is 3. The van der Waals surface area contributed by atoms with Crippen LogP contribution in [0.4, 0.5) is 8.78 Å². The highest BCUT2D eigenvalue weighted by molar-refractivity contribution is 6.12. The van der Waals surface area contributed by atoms with Crippen molar-refractivity contribution in [2.45, 2.75) is 0 Å². The van der Waals surface area contributed by atoms with E-state index in [2.05, 4.69) is 81.9 Å². The summed E-state index contributed by atoms with van der Waals surface area (Å²) in [5, 5.41) is 15.0. The summed E-state index contributed by atoms with van der Waals surface area (Å²) in [5.41, 5.74) is 13.8. The number of aromatic nitrogens is 4. The van der Waals surface area contributed by atoms with Crippen molar-refractivity contribution in [2.24, 2.45) is 0 Å². The molecule has 0 atom stereocenters. The molecule has 4 heterocycles. The van der Waals surface area contributed by atoms with Gasteiger partial charge in [0.2, 0.25) is 0 Å². The number of benzene rings is 8. The highest BCUT2D eigenvalue weighted by atomic mass is 19.1. The van der Waals surface area contributed by atoms with Crippen LogP contribution in [0, 0.1) is 23.0 Å². The summed E-state index contributed by atoms with van der Waals surface area (Å²) < 4.78 is 34.8. The minimum Gasteiger partial charge on any atom is -0.309 e. The van der Waals surface area contributed by atoms with E-state index in [4.69, 9.17) is 9.97 Å². The third-order valence-corrected chi connectivity index (χ3v) is 12.6. The molecule has 0 saturated heterocycles. The van der Waals surface area contributed by atoms with E-state index in [1.807, 2.05) is 128 Å². The number of fused-ring (bicyclic) bond motifs is 6. The summed E-state index contributed by atoms with van der Waals surface area (Å²) in [6.07, 6.45) is 3.79. The van der Waals surface area contributed by atoms with E-state index in [-0.39, 0.29) is 0 Å². The van der Waals surface area contributed by atoms with Gasteiger partial charge in [0.25, 0.3) is 0 Å². The molecule has 0 aliphatic carbocycles. The fourth-order valence-corrected chi connectivity index (χ4v) is 9.49. The topological polar surface area (TPSA) is 59.4 Å². The SMILES string of the molecule is N#Cc1cc(-n2c3ccccc3c3cc(-c4ccc(-c5ccccc5)nc4)ccc32)c(-c2cc(F)cc(F)c2)cc1-n1c2ccccc2c2cc(-c3ccc(-c4ccccc4)cn3)ccc21. The summed E-state index contributed by atoms with van der Waals surface area (Å²) in [4.78, 5) is 9.65. The van der Waals surface area contributed by atoms with Crippen molar-refractivity contribution in [3.05, 3.63) is 230 Å². The Kier molecular flexibility index (Phi) is 9.18. The minimum atomic E-state index is -0.699. The maximum Gasteiger partial charge on any atom is 0.126 e. The Morgan fingerprint density at radius 3 is 1.44 bits per heavy atom. The summed E-state index contributed by atoms with van der Waals surface area (Å²) in [5.74, 6) is -1.40. The van der Waals surface area contributed by atoms with Gasteiger partial charge in [0.1, 0.15) is 17.7 Å². The van der Waals surface area contributed by atoms with Crippen LogP contribution in [0.15, 0.2) is 213 Å². The molecular weight excluding hydrogens is 817 g/mol. The Balaban J connectivity index is 1.04. The van der Waals surface area contributed by atoms with Gasteiger partial charge in [0, 0.05) is 67.8 Å². The number of nitriles is 1. The monoisotopic (exact) mass is 851 g/mol. The summed E-state index contributed by atoms with van der Waals surface area (Å²) in [6, 6.07) is 67.1. The van der Waals surface area contributed by atoms with Crippen molar-refractivity contribution in [1.82, 2.24) is 19.1 Å². The van der Waals surface area contributed by atoms with Gasteiger partial charge >= 0.3 is 0 Å². The van der Waals surface area contributed by atoms with E-state index in [0.717, 1.165) is 94.4 Å². The van der Waals surface area contributed by atoms with Crippen LogP contribution in [-0.4, -0.2) is 19.1 Å². The maximum atomic E-state index is 15.3. The first-order chi connectivity index (χ1) is 32.5. The summed E-state index contributed by atoms with van der Waals surface area (Å²) in [6.45, 7) is 0. The maximum absolute atomic E-state index is 15.3. The predicted octanol–water partition coefficient (Wildman–Crippen LogP) is 15.2. The zero-order chi connectivity index (χ0) is 44.3. The molecule has 5 nitrogen and oxygen atoms in total. The second-order valence-corrected chi connectivity index (χ2v) is 16.4. The van der Waals surface area contributed by atoms with Gasteiger partial charge in [-0.15, -0.1) is 0 Å². The molecule has 0 saturated carbocycles. The minimum absolute atomic E-state index is 0.341. The van der Waals surface area contributed by atoms with Gasteiger partial charge in [-0.25, -0.2) is 8.78 Å². The van der Waals surface area contributed by atoms with E-state index in [0.29, 0.717) is 28.1 Å². The predicted molar refractivity (Wildman–Crippen MR) is 263 cm³/mol. The second kappa shape index (κ2) is 15.7. The van der Waals surface area contributed by atoms with Crippen molar-refractivity contribution in [2.75, 3.05) is 0 Å².